The van der Waals surface area contributed by atoms with Gasteiger partial charge in [-0.3, -0.25) is 14.7 Å². The number of hydrogen-bond acceptors (Lipinski definition) is 4. The number of fused-ring (bicyclic) bond motifs is 1. The molecule has 1 aliphatic heterocycles. The monoisotopic (exact) mass is 389 g/mol. The molecule has 1 saturated heterocycles. The smallest absolute Gasteiger partial charge is 0.253 e. The molecule has 0 atom stereocenters. The summed E-state index contributed by atoms with van der Waals surface area (Å²) in [6.07, 6.45) is 3.94. The van der Waals surface area contributed by atoms with E-state index < -0.39 is 0 Å². The number of nitrogens with zero attached hydrogens (tertiary/aromatic N) is 3. The summed E-state index contributed by atoms with van der Waals surface area (Å²) in [5.74, 6) is -0.0865. The zero-order chi connectivity index (χ0) is 20.2. The van der Waals surface area contributed by atoms with Gasteiger partial charge in [0, 0.05) is 37.1 Å². The number of H-pyrrole nitrogens is 1. The van der Waals surface area contributed by atoms with Crippen molar-refractivity contribution in [2.45, 2.75) is 0 Å². The third-order valence-electron chi connectivity index (χ3n) is 5.19. The van der Waals surface area contributed by atoms with Crippen LogP contribution in [-0.4, -0.2) is 64.5 Å². The Morgan fingerprint density at radius 1 is 0.966 bits per heavy atom. The van der Waals surface area contributed by atoms with Gasteiger partial charge in [0.05, 0.1) is 17.8 Å². The van der Waals surface area contributed by atoms with Crippen molar-refractivity contribution in [1.29, 1.82) is 0 Å². The summed E-state index contributed by atoms with van der Waals surface area (Å²) in [6.45, 7) is 2.12. The third-order valence-corrected chi connectivity index (χ3v) is 5.19. The van der Waals surface area contributed by atoms with E-state index in [9.17, 15) is 9.59 Å². The quantitative estimate of drug-likeness (QED) is 0.713. The molecule has 29 heavy (non-hydrogen) atoms. The molecule has 1 aromatic heterocycles. The minimum Gasteiger partial charge on any atom is -0.338 e. The van der Waals surface area contributed by atoms with Crippen LogP contribution in [0.5, 0.6) is 0 Å². The number of nitrogens with two attached hydrogens (primary N) is 1. The molecule has 2 heterocycles. The van der Waals surface area contributed by atoms with E-state index in [1.165, 1.54) is 0 Å². The number of piperazine rings is 1. The van der Waals surface area contributed by atoms with Gasteiger partial charge in [0.15, 0.2) is 0 Å². The van der Waals surface area contributed by atoms with Crippen LogP contribution in [-0.2, 0) is 4.79 Å². The first-order valence-electron chi connectivity index (χ1n) is 9.64. The zero-order valence-electron chi connectivity index (χ0n) is 16.0. The molecule has 7 heteroatoms. The molecule has 148 valence electrons. The van der Waals surface area contributed by atoms with Gasteiger partial charge in [0.1, 0.15) is 0 Å². The number of carbonyl (C=O) groups is 2. The second-order valence-corrected chi connectivity index (χ2v) is 6.99. The minimum atomic E-state index is -0.0714. The molecule has 3 N–H and O–H groups in total. The largest absolute Gasteiger partial charge is 0.338 e. The van der Waals surface area contributed by atoms with Gasteiger partial charge in [0.25, 0.3) is 5.91 Å². The molecular weight excluding hydrogens is 366 g/mol. The van der Waals surface area contributed by atoms with Gasteiger partial charge in [-0.05, 0) is 29.8 Å². The standard InChI is InChI=1S/C22H23N5O2/c23-15-21(28)26-11-13-27(14-12-26)22(29)17-8-5-16(6-9-17)7-10-20-18-3-1-2-4-19(18)24-25-20/h1-10H,11-15,23H2,(H,24,25). The number of carbonyl (C=O) groups excluding carboxylic acids is 2. The topological polar surface area (TPSA) is 95.3 Å². The molecule has 0 bridgehead atoms. The highest BCUT2D eigenvalue weighted by Gasteiger charge is 2.24. The summed E-state index contributed by atoms with van der Waals surface area (Å²) in [7, 11) is 0. The number of aromatic nitrogens is 2. The van der Waals surface area contributed by atoms with E-state index in [4.69, 9.17) is 5.73 Å². The van der Waals surface area contributed by atoms with Crippen molar-refractivity contribution in [3.05, 3.63) is 65.4 Å². The Balaban J connectivity index is 1.40. The highest BCUT2D eigenvalue weighted by Crippen LogP contribution is 2.18. The van der Waals surface area contributed by atoms with E-state index in [2.05, 4.69) is 10.2 Å². The predicted molar refractivity (Wildman–Crippen MR) is 113 cm³/mol. The number of rotatable bonds is 4. The Morgan fingerprint density at radius 2 is 1.66 bits per heavy atom. The van der Waals surface area contributed by atoms with Gasteiger partial charge in [-0.15, -0.1) is 0 Å². The fourth-order valence-electron chi connectivity index (χ4n) is 3.49. The van der Waals surface area contributed by atoms with Crippen LogP contribution in [0.25, 0.3) is 23.1 Å². The molecule has 2 aromatic carbocycles. The van der Waals surface area contributed by atoms with Crippen molar-refractivity contribution in [1.82, 2.24) is 20.0 Å². The number of nitrogens with one attached hydrogen (secondary N) is 1. The number of benzene rings is 2. The van der Waals surface area contributed by atoms with Gasteiger partial charge in [0.2, 0.25) is 5.91 Å². The van der Waals surface area contributed by atoms with Crippen LogP contribution in [0.15, 0.2) is 48.5 Å². The predicted octanol–water partition coefficient (Wildman–Crippen LogP) is 1.98. The molecule has 0 unspecified atom stereocenters. The summed E-state index contributed by atoms with van der Waals surface area (Å²) < 4.78 is 0. The van der Waals surface area contributed by atoms with Gasteiger partial charge < -0.3 is 15.5 Å². The first-order chi connectivity index (χ1) is 14.2. The lowest BCUT2D eigenvalue weighted by atomic mass is 10.1. The first-order valence-corrected chi connectivity index (χ1v) is 9.64. The summed E-state index contributed by atoms with van der Waals surface area (Å²) in [6, 6.07) is 15.5. The molecule has 1 aliphatic rings. The lowest BCUT2D eigenvalue weighted by molar-refractivity contribution is -0.131. The van der Waals surface area contributed by atoms with Gasteiger partial charge in [-0.25, -0.2) is 0 Å². The average molecular weight is 389 g/mol. The molecular formula is C22H23N5O2. The summed E-state index contributed by atoms with van der Waals surface area (Å²) in [5, 5.41) is 8.42. The Bertz CT molecular complexity index is 1050. The van der Waals surface area contributed by atoms with Gasteiger partial charge in [-0.2, -0.15) is 5.10 Å². The molecule has 0 aliphatic carbocycles. The van der Waals surface area contributed by atoms with E-state index in [1.807, 2.05) is 60.7 Å². The summed E-state index contributed by atoms with van der Waals surface area (Å²) in [4.78, 5) is 27.9. The maximum atomic E-state index is 12.7. The van der Waals surface area contributed by atoms with E-state index in [0.717, 1.165) is 22.2 Å². The van der Waals surface area contributed by atoms with Gasteiger partial charge in [-0.1, -0.05) is 36.4 Å². The molecule has 0 spiro atoms. The fraction of sp³-hybridized carbons (Fsp3) is 0.227. The lowest BCUT2D eigenvalue weighted by Gasteiger charge is -2.34. The normalized spacial score (nSPS) is 14.7. The van der Waals surface area contributed by atoms with Crippen LogP contribution >= 0.6 is 0 Å². The van der Waals surface area contributed by atoms with E-state index >= 15 is 0 Å². The number of amides is 2. The lowest BCUT2D eigenvalue weighted by Crippen LogP contribution is -2.51. The van der Waals surface area contributed by atoms with Crippen LogP contribution in [0, 0.1) is 0 Å². The fourth-order valence-corrected chi connectivity index (χ4v) is 3.49. The van der Waals surface area contributed by atoms with Crippen molar-refractivity contribution in [3.63, 3.8) is 0 Å². The Hall–Kier alpha value is -3.45. The van der Waals surface area contributed by atoms with Crippen LogP contribution in [0.3, 0.4) is 0 Å². The maximum absolute atomic E-state index is 12.7. The summed E-state index contributed by atoms with van der Waals surface area (Å²) in [5.41, 5.74) is 8.92. The Kier molecular flexibility index (Phi) is 5.39. The van der Waals surface area contributed by atoms with Crippen molar-refractivity contribution in [3.8, 4) is 0 Å². The third kappa shape index (κ3) is 4.05. The van der Waals surface area contributed by atoms with Crippen molar-refractivity contribution in [2.75, 3.05) is 32.7 Å². The maximum Gasteiger partial charge on any atom is 0.253 e. The highest BCUT2D eigenvalue weighted by molar-refractivity contribution is 5.95. The SMILES string of the molecule is NCC(=O)N1CCN(C(=O)c2ccc(C=Cc3n[nH]c4ccccc34)cc2)CC1. The molecule has 1 fully saturated rings. The molecule has 4 rings (SSSR count). The highest BCUT2D eigenvalue weighted by atomic mass is 16.2. The van der Waals surface area contributed by atoms with Crippen molar-refractivity contribution in [2.24, 2.45) is 5.73 Å². The number of aromatic amines is 1. The minimum absolute atomic E-state index is 0.0109. The van der Waals surface area contributed by atoms with Crippen molar-refractivity contribution < 1.29 is 9.59 Å². The average Bonchev–Trinajstić information content (AvgIpc) is 3.20. The van der Waals surface area contributed by atoms with Crippen LogP contribution in [0.2, 0.25) is 0 Å². The Morgan fingerprint density at radius 3 is 2.38 bits per heavy atom. The molecule has 2 amide bonds. The van der Waals surface area contributed by atoms with Crippen LogP contribution in [0.4, 0.5) is 0 Å². The zero-order valence-corrected chi connectivity index (χ0v) is 16.0. The molecule has 0 saturated carbocycles. The van der Waals surface area contributed by atoms with E-state index in [-0.39, 0.29) is 18.4 Å². The van der Waals surface area contributed by atoms with E-state index in [0.29, 0.717) is 31.7 Å². The van der Waals surface area contributed by atoms with Crippen LogP contribution in [0.1, 0.15) is 21.6 Å². The Labute approximate surface area is 168 Å². The second kappa shape index (κ2) is 8.28. The number of para-hydroxylation sites is 1. The van der Waals surface area contributed by atoms with Crippen LogP contribution < -0.4 is 5.73 Å². The number of hydrogen-bond donors (Lipinski definition) is 2. The molecule has 7 nitrogen and oxygen atoms in total. The second-order valence-electron chi connectivity index (χ2n) is 6.99. The molecule has 0 radical (unpaired) electrons. The summed E-state index contributed by atoms with van der Waals surface area (Å²) >= 11 is 0. The first kappa shape index (κ1) is 18.9. The van der Waals surface area contributed by atoms with E-state index in [1.54, 1.807) is 9.80 Å². The van der Waals surface area contributed by atoms with Crippen molar-refractivity contribution >= 4 is 34.9 Å². The molecule has 3 aromatic rings. The van der Waals surface area contributed by atoms with Gasteiger partial charge >= 0.3 is 0 Å².